The molecule has 1 aliphatic rings. The average Bonchev–Trinajstić information content (AvgIpc) is 2.77. The van der Waals surface area contributed by atoms with E-state index in [-0.39, 0.29) is 0 Å². The van der Waals surface area contributed by atoms with Gasteiger partial charge < -0.3 is 9.84 Å². The summed E-state index contributed by atoms with van der Waals surface area (Å²) in [7, 11) is 0. The Balaban J connectivity index is 1.64. The maximum atomic E-state index is 9.31. The number of phenolic OH excluding ortho intramolecular Hbond substituents is 1. The first kappa shape index (κ1) is 11.8. The fourth-order valence-electron chi connectivity index (χ4n) is 1.95. The van der Waals surface area contributed by atoms with Crippen molar-refractivity contribution < 1.29 is 9.84 Å². The monoisotopic (exact) mass is 238 g/mol. The van der Waals surface area contributed by atoms with Crippen LogP contribution in [0.15, 0.2) is 29.2 Å². The molecular weight excluding hydrogens is 220 g/mol. The second-order valence-electron chi connectivity index (χ2n) is 4.12. The van der Waals surface area contributed by atoms with Gasteiger partial charge in [-0.3, -0.25) is 0 Å². The van der Waals surface area contributed by atoms with Crippen LogP contribution in [0.4, 0.5) is 0 Å². The number of ether oxygens (including phenoxy) is 1. The highest BCUT2D eigenvalue weighted by atomic mass is 32.2. The van der Waals surface area contributed by atoms with Crippen LogP contribution in [0, 0.1) is 0 Å². The number of phenols is 1. The number of hydrogen-bond donors (Lipinski definition) is 1. The van der Waals surface area contributed by atoms with E-state index in [1.165, 1.54) is 25.7 Å². The van der Waals surface area contributed by atoms with E-state index >= 15 is 0 Å². The van der Waals surface area contributed by atoms with Crippen LogP contribution in [0.2, 0.25) is 0 Å². The Morgan fingerprint density at radius 2 is 2.38 bits per heavy atom. The zero-order valence-corrected chi connectivity index (χ0v) is 10.2. The molecular formula is C13H18O2S. The molecule has 1 aromatic rings. The van der Waals surface area contributed by atoms with Gasteiger partial charge in [-0.05, 0) is 49.6 Å². The third-order valence-electron chi connectivity index (χ3n) is 2.78. The van der Waals surface area contributed by atoms with Crippen LogP contribution in [0.3, 0.4) is 0 Å². The summed E-state index contributed by atoms with van der Waals surface area (Å²) in [4.78, 5) is 1.15. The standard InChI is InChI=1S/C13H18O2S/c14-11-4-1-7-13(10-11)16-9-3-6-12-5-2-8-15-12/h1,4,7,10,12,14H,2-3,5-6,8-9H2. The molecule has 88 valence electrons. The summed E-state index contributed by atoms with van der Waals surface area (Å²) < 4.78 is 5.58. The quantitative estimate of drug-likeness (QED) is 0.629. The molecule has 0 bridgehead atoms. The van der Waals surface area contributed by atoms with E-state index in [1.807, 2.05) is 18.2 Å². The summed E-state index contributed by atoms with van der Waals surface area (Å²) in [6, 6.07) is 7.45. The molecule has 1 saturated heterocycles. The number of benzene rings is 1. The van der Waals surface area contributed by atoms with Gasteiger partial charge in [-0.2, -0.15) is 0 Å². The number of hydrogen-bond acceptors (Lipinski definition) is 3. The van der Waals surface area contributed by atoms with Gasteiger partial charge >= 0.3 is 0 Å². The lowest BCUT2D eigenvalue weighted by molar-refractivity contribution is 0.104. The van der Waals surface area contributed by atoms with Crippen LogP contribution in [-0.2, 0) is 4.74 Å². The molecule has 1 unspecified atom stereocenters. The Kier molecular flexibility index (Phi) is 4.55. The Hall–Kier alpha value is -0.670. The molecule has 3 heteroatoms. The molecule has 1 heterocycles. The van der Waals surface area contributed by atoms with E-state index in [2.05, 4.69) is 0 Å². The van der Waals surface area contributed by atoms with E-state index < -0.39 is 0 Å². The van der Waals surface area contributed by atoms with E-state index in [9.17, 15) is 5.11 Å². The highest BCUT2D eigenvalue weighted by molar-refractivity contribution is 7.99. The van der Waals surface area contributed by atoms with Gasteiger partial charge in [0.15, 0.2) is 0 Å². The molecule has 1 N–H and O–H groups in total. The second-order valence-corrected chi connectivity index (χ2v) is 5.29. The first-order valence-electron chi connectivity index (χ1n) is 5.88. The summed E-state index contributed by atoms with van der Waals surface area (Å²) in [5, 5.41) is 9.31. The molecule has 2 nitrogen and oxygen atoms in total. The third-order valence-corrected chi connectivity index (χ3v) is 3.86. The fraction of sp³-hybridized carbons (Fsp3) is 0.538. The fourth-order valence-corrected chi connectivity index (χ4v) is 2.87. The van der Waals surface area contributed by atoms with Gasteiger partial charge in [0.25, 0.3) is 0 Å². The number of thioether (sulfide) groups is 1. The largest absolute Gasteiger partial charge is 0.508 e. The third kappa shape index (κ3) is 3.72. The molecule has 16 heavy (non-hydrogen) atoms. The predicted octanol–water partition coefficient (Wildman–Crippen LogP) is 3.44. The van der Waals surface area contributed by atoms with Crippen LogP contribution < -0.4 is 0 Å². The molecule has 0 amide bonds. The molecule has 0 radical (unpaired) electrons. The first-order valence-corrected chi connectivity index (χ1v) is 6.86. The van der Waals surface area contributed by atoms with Gasteiger partial charge in [-0.15, -0.1) is 11.8 Å². The lowest BCUT2D eigenvalue weighted by atomic mass is 10.1. The van der Waals surface area contributed by atoms with Crippen molar-refractivity contribution in [2.45, 2.75) is 36.7 Å². The summed E-state index contributed by atoms with van der Waals surface area (Å²) in [5.41, 5.74) is 0. The van der Waals surface area contributed by atoms with Gasteiger partial charge in [0.1, 0.15) is 5.75 Å². The predicted molar refractivity (Wildman–Crippen MR) is 67.0 cm³/mol. The lowest BCUT2D eigenvalue weighted by Crippen LogP contribution is -2.04. The Morgan fingerprint density at radius 1 is 1.44 bits per heavy atom. The van der Waals surface area contributed by atoms with Crippen molar-refractivity contribution in [3.05, 3.63) is 24.3 Å². The molecule has 0 spiro atoms. The molecule has 0 aromatic heterocycles. The van der Waals surface area contributed by atoms with E-state index in [0.29, 0.717) is 11.9 Å². The SMILES string of the molecule is Oc1cccc(SCCCC2CCCO2)c1. The average molecular weight is 238 g/mol. The Labute approximate surface area is 101 Å². The van der Waals surface area contributed by atoms with Gasteiger partial charge in [-0.1, -0.05) is 6.07 Å². The van der Waals surface area contributed by atoms with Crippen LogP contribution in [0.5, 0.6) is 5.75 Å². The minimum Gasteiger partial charge on any atom is -0.508 e. The zero-order chi connectivity index (χ0) is 11.2. The maximum Gasteiger partial charge on any atom is 0.116 e. The molecule has 1 aromatic carbocycles. The van der Waals surface area contributed by atoms with E-state index in [0.717, 1.165) is 17.3 Å². The van der Waals surface area contributed by atoms with Crippen molar-refractivity contribution in [2.24, 2.45) is 0 Å². The van der Waals surface area contributed by atoms with Crippen molar-refractivity contribution in [2.75, 3.05) is 12.4 Å². The highest BCUT2D eigenvalue weighted by Gasteiger charge is 2.14. The zero-order valence-electron chi connectivity index (χ0n) is 9.39. The molecule has 0 saturated carbocycles. The summed E-state index contributed by atoms with van der Waals surface area (Å²) in [6.07, 6.45) is 5.32. The first-order chi connectivity index (χ1) is 7.84. The maximum absolute atomic E-state index is 9.31. The minimum atomic E-state index is 0.351. The molecule has 1 aliphatic heterocycles. The lowest BCUT2D eigenvalue weighted by Gasteiger charge is -2.08. The van der Waals surface area contributed by atoms with Crippen molar-refractivity contribution in [3.63, 3.8) is 0 Å². The summed E-state index contributed by atoms with van der Waals surface area (Å²) in [5.74, 6) is 1.45. The van der Waals surface area contributed by atoms with E-state index in [4.69, 9.17) is 4.74 Å². The van der Waals surface area contributed by atoms with Crippen LogP contribution >= 0.6 is 11.8 Å². The van der Waals surface area contributed by atoms with Gasteiger partial charge in [0.05, 0.1) is 6.10 Å². The molecule has 0 aliphatic carbocycles. The van der Waals surface area contributed by atoms with Crippen LogP contribution in [-0.4, -0.2) is 23.6 Å². The summed E-state index contributed by atoms with van der Waals surface area (Å²) >= 11 is 1.80. The van der Waals surface area contributed by atoms with Crippen molar-refractivity contribution in [1.29, 1.82) is 0 Å². The van der Waals surface area contributed by atoms with Crippen molar-refractivity contribution in [1.82, 2.24) is 0 Å². The summed E-state index contributed by atoms with van der Waals surface area (Å²) in [6.45, 7) is 0.949. The van der Waals surface area contributed by atoms with E-state index in [1.54, 1.807) is 17.8 Å². The Morgan fingerprint density at radius 3 is 3.12 bits per heavy atom. The van der Waals surface area contributed by atoms with Gasteiger partial charge in [0, 0.05) is 11.5 Å². The normalized spacial score (nSPS) is 20.1. The van der Waals surface area contributed by atoms with Crippen LogP contribution in [0.1, 0.15) is 25.7 Å². The highest BCUT2D eigenvalue weighted by Crippen LogP contribution is 2.24. The smallest absolute Gasteiger partial charge is 0.116 e. The van der Waals surface area contributed by atoms with Gasteiger partial charge in [-0.25, -0.2) is 0 Å². The van der Waals surface area contributed by atoms with Gasteiger partial charge in [0.2, 0.25) is 0 Å². The van der Waals surface area contributed by atoms with Crippen molar-refractivity contribution >= 4 is 11.8 Å². The molecule has 1 atom stereocenters. The number of aromatic hydroxyl groups is 1. The topological polar surface area (TPSA) is 29.5 Å². The minimum absolute atomic E-state index is 0.351. The van der Waals surface area contributed by atoms with Crippen molar-refractivity contribution in [3.8, 4) is 5.75 Å². The molecule has 2 rings (SSSR count). The second kappa shape index (κ2) is 6.16. The number of rotatable bonds is 5. The van der Waals surface area contributed by atoms with Crippen LogP contribution in [0.25, 0.3) is 0 Å². The molecule has 1 fully saturated rings. The Bertz CT molecular complexity index is 321.